The molecule has 1 aromatic rings. The maximum Gasteiger partial charge on any atom is 0.220 e. The topological polar surface area (TPSA) is 58.6 Å². The second-order valence-electron chi connectivity index (χ2n) is 4.37. The van der Waals surface area contributed by atoms with Crippen LogP contribution in [0.25, 0.3) is 0 Å². The van der Waals surface area contributed by atoms with Gasteiger partial charge in [-0.1, -0.05) is 12.1 Å². The fourth-order valence-electron chi connectivity index (χ4n) is 1.49. The number of hydrogen-bond donors (Lipinski definition) is 2. The average Bonchev–Trinajstić information content (AvgIpc) is 2.36. The van der Waals surface area contributed by atoms with Crippen LogP contribution in [-0.4, -0.2) is 30.3 Å². The summed E-state index contributed by atoms with van der Waals surface area (Å²) >= 11 is 3.40. The molecule has 0 aliphatic carbocycles. The molecule has 1 amide bonds. The van der Waals surface area contributed by atoms with E-state index in [-0.39, 0.29) is 12.0 Å². The summed E-state index contributed by atoms with van der Waals surface area (Å²) in [5, 5.41) is 11.8. The molecule has 0 bridgehead atoms. The first-order chi connectivity index (χ1) is 9.09. The van der Waals surface area contributed by atoms with Crippen molar-refractivity contribution >= 4 is 21.8 Å². The van der Waals surface area contributed by atoms with Crippen molar-refractivity contribution in [1.29, 1.82) is 0 Å². The van der Waals surface area contributed by atoms with Crippen LogP contribution in [0.3, 0.4) is 0 Å². The van der Waals surface area contributed by atoms with Crippen molar-refractivity contribution in [3.63, 3.8) is 0 Å². The highest BCUT2D eigenvalue weighted by Gasteiger charge is 2.03. The van der Waals surface area contributed by atoms with Crippen LogP contribution in [0.1, 0.15) is 26.2 Å². The number of rotatable bonds is 8. The fourth-order valence-corrected chi connectivity index (χ4v) is 1.88. The maximum absolute atomic E-state index is 11.4. The molecular weight excluding hydrogens is 310 g/mol. The normalized spacial score (nSPS) is 11.9. The predicted molar refractivity (Wildman–Crippen MR) is 78.2 cm³/mol. The summed E-state index contributed by atoms with van der Waals surface area (Å²) < 4.78 is 6.48. The van der Waals surface area contributed by atoms with Gasteiger partial charge in [0, 0.05) is 13.0 Å². The number of amides is 1. The Bertz CT molecular complexity index is 396. The molecule has 0 heterocycles. The molecule has 0 aliphatic heterocycles. The van der Waals surface area contributed by atoms with Crippen molar-refractivity contribution in [3.8, 4) is 5.75 Å². The smallest absolute Gasteiger partial charge is 0.220 e. The number of aliphatic hydroxyl groups is 1. The molecule has 0 aromatic heterocycles. The van der Waals surface area contributed by atoms with Gasteiger partial charge in [-0.25, -0.2) is 0 Å². The van der Waals surface area contributed by atoms with Gasteiger partial charge in [-0.15, -0.1) is 0 Å². The van der Waals surface area contributed by atoms with Gasteiger partial charge in [0.05, 0.1) is 17.2 Å². The molecule has 1 rings (SSSR count). The third-order valence-corrected chi connectivity index (χ3v) is 3.18. The Morgan fingerprint density at radius 2 is 2.21 bits per heavy atom. The van der Waals surface area contributed by atoms with Gasteiger partial charge < -0.3 is 15.2 Å². The van der Waals surface area contributed by atoms with Crippen molar-refractivity contribution in [1.82, 2.24) is 5.32 Å². The Kier molecular flexibility index (Phi) is 7.52. The van der Waals surface area contributed by atoms with Crippen LogP contribution >= 0.6 is 15.9 Å². The number of halogens is 1. The van der Waals surface area contributed by atoms with Crippen molar-refractivity contribution in [2.75, 3.05) is 13.2 Å². The van der Waals surface area contributed by atoms with Gasteiger partial charge in [0.25, 0.3) is 0 Å². The molecular formula is C14H20BrNO3. The molecule has 0 spiro atoms. The lowest BCUT2D eigenvalue weighted by Gasteiger charge is -2.08. The molecule has 106 valence electrons. The Morgan fingerprint density at radius 1 is 1.47 bits per heavy atom. The molecule has 2 N–H and O–H groups in total. The van der Waals surface area contributed by atoms with E-state index in [1.54, 1.807) is 6.92 Å². The number of benzene rings is 1. The van der Waals surface area contributed by atoms with E-state index in [1.165, 1.54) is 0 Å². The summed E-state index contributed by atoms with van der Waals surface area (Å²) in [7, 11) is 0. The van der Waals surface area contributed by atoms with Crippen LogP contribution < -0.4 is 10.1 Å². The minimum Gasteiger partial charge on any atom is -0.492 e. The van der Waals surface area contributed by atoms with Gasteiger partial charge in [-0.2, -0.15) is 0 Å². The van der Waals surface area contributed by atoms with E-state index in [9.17, 15) is 4.79 Å². The summed E-state index contributed by atoms with van der Waals surface area (Å²) in [6, 6.07) is 7.63. The molecule has 1 atom stereocenters. The average molecular weight is 330 g/mol. The predicted octanol–water partition coefficient (Wildman–Crippen LogP) is 2.50. The van der Waals surface area contributed by atoms with Crippen LogP contribution in [0.15, 0.2) is 28.7 Å². The molecule has 0 radical (unpaired) electrons. The number of hydrogen-bond acceptors (Lipinski definition) is 3. The Morgan fingerprint density at radius 3 is 2.89 bits per heavy atom. The molecule has 0 aliphatic rings. The lowest BCUT2D eigenvalue weighted by atomic mass is 10.2. The Labute approximate surface area is 122 Å². The number of nitrogens with one attached hydrogen (secondary N) is 1. The largest absolute Gasteiger partial charge is 0.492 e. The van der Waals surface area contributed by atoms with Crippen molar-refractivity contribution in [2.45, 2.75) is 32.3 Å². The highest BCUT2D eigenvalue weighted by atomic mass is 79.9. The SMILES string of the molecule is CC(O)CCNC(=O)CCCOc1ccccc1Br. The number of ether oxygens (including phenoxy) is 1. The summed E-state index contributed by atoms with van der Waals surface area (Å²) in [6.07, 6.45) is 1.31. The zero-order valence-electron chi connectivity index (χ0n) is 11.1. The zero-order chi connectivity index (χ0) is 14.1. The molecule has 0 saturated heterocycles. The van der Waals surface area contributed by atoms with Gasteiger partial charge in [0.1, 0.15) is 5.75 Å². The zero-order valence-corrected chi connectivity index (χ0v) is 12.6. The summed E-state index contributed by atoms with van der Waals surface area (Å²) in [4.78, 5) is 11.4. The van der Waals surface area contributed by atoms with Crippen LogP contribution in [0.5, 0.6) is 5.75 Å². The van der Waals surface area contributed by atoms with Gasteiger partial charge in [0.2, 0.25) is 5.91 Å². The molecule has 5 heteroatoms. The van der Waals surface area contributed by atoms with Crippen LogP contribution in [0, 0.1) is 0 Å². The molecule has 0 fully saturated rings. The number of aliphatic hydroxyl groups excluding tert-OH is 1. The minimum absolute atomic E-state index is 0.00335. The van der Waals surface area contributed by atoms with Crippen molar-refractivity contribution in [3.05, 3.63) is 28.7 Å². The first-order valence-corrected chi connectivity index (χ1v) is 7.21. The first kappa shape index (κ1) is 16.0. The molecule has 4 nitrogen and oxygen atoms in total. The lowest BCUT2D eigenvalue weighted by Crippen LogP contribution is -2.26. The van der Waals surface area contributed by atoms with Crippen LogP contribution in [0.4, 0.5) is 0 Å². The van der Waals surface area contributed by atoms with E-state index >= 15 is 0 Å². The number of para-hydroxylation sites is 1. The van der Waals surface area contributed by atoms with E-state index in [0.29, 0.717) is 32.4 Å². The summed E-state index contributed by atoms with van der Waals surface area (Å²) in [6.45, 7) is 2.73. The molecule has 0 saturated carbocycles. The second-order valence-corrected chi connectivity index (χ2v) is 5.22. The fraction of sp³-hybridized carbons (Fsp3) is 0.500. The highest BCUT2D eigenvalue weighted by Crippen LogP contribution is 2.23. The monoisotopic (exact) mass is 329 g/mol. The van der Waals surface area contributed by atoms with E-state index in [4.69, 9.17) is 9.84 Å². The summed E-state index contributed by atoms with van der Waals surface area (Å²) in [5.41, 5.74) is 0. The van der Waals surface area contributed by atoms with E-state index < -0.39 is 0 Å². The van der Waals surface area contributed by atoms with E-state index in [2.05, 4.69) is 21.2 Å². The standard InChI is InChI=1S/C14H20BrNO3/c1-11(17)8-9-16-14(18)7-4-10-19-13-6-3-2-5-12(13)15/h2-3,5-6,11,17H,4,7-10H2,1H3,(H,16,18). The van der Waals surface area contributed by atoms with Crippen LogP contribution in [-0.2, 0) is 4.79 Å². The van der Waals surface area contributed by atoms with Crippen molar-refractivity contribution < 1.29 is 14.6 Å². The van der Waals surface area contributed by atoms with E-state index in [1.807, 2.05) is 24.3 Å². The highest BCUT2D eigenvalue weighted by molar-refractivity contribution is 9.10. The first-order valence-electron chi connectivity index (χ1n) is 6.41. The Balaban J connectivity index is 2.10. The van der Waals surface area contributed by atoms with Gasteiger partial charge in [-0.05, 0) is 47.8 Å². The number of carbonyl (C=O) groups is 1. The second kappa shape index (κ2) is 8.93. The molecule has 1 unspecified atom stereocenters. The maximum atomic E-state index is 11.4. The summed E-state index contributed by atoms with van der Waals surface area (Å²) in [5.74, 6) is 0.786. The van der Waals surface area contributed by atoms with Gasteiger partial charge in [-0.3, -0.25) is 4.79 Å². The van der Waals surface area contributed by atoms with Gasteiger partial charge in [0.15, 0.2) is 0 Å². The molecule has 19 heavy (non-hydrogen) atoms. The van der Waals surface area contributed by atoms with E-state index in [0.717, 1.165) is 10.2 Å². The number of carbonyl (C=O) groups excluding carboxylic acids is 1. The third kappa shape index (κ3) is 7.18. The minimum atomic E-state index is -0.376. The van der Waals surface area contributed by atoms with Crippen molar-refractivity contribution in [2.24, 2.45) is 0 Å². The Hall–Kier alpha value is -1.07. The van der Waals surface area contributed by atoms with Crippen LogP contribution in [0.2, 0.25) is 0 Å². The van der Waals surface area contributed by atoms with Gasteiger partial charge >= 0.3 is 0 Å². The lowest BCUT2D eigenvalue weighted by molar-refractivity contribution is -0.121. The quantitative estimate of drug-likeness (QED) is 0.720. The third-order valence-electron chi connectivity index (χ3n) is 2.53. The molecule has 1 aromatic carbocycles.